The van der Waals surface area contributed by atoms with Gasteiger partial charge in [0.05, 0.1) is 0 Å². The highest BCUT2D eigenvalue weighted by Gasteiger charge is 2.26. The van der Waals surface area contributed by atoms with Gasteiger partial charge in [0.1, 0.15) is 0 Å². The Balaban J connectivity index is 2.01. The second-order valence-corrected chi connectivity index (χ2v) is 6.75. The van der Waals surface area contributed by atoms with E-state index in [1.165, 1.54) is 31.5 Å². The van der Waals surface area contributed by atoms with Gasteiger partial charge in [0.2, 0.25) is 0 Å². The highest BCUT2D eigenvalue weighted by atomic mass is 15.1. The first-order valence-corrected chi connectivity index (χ1v) is 8.07. The third kappa shape index (κ3) is 4.07. The number of piperidine rings is 1. The Hall–Kier alpha value is -0.860. The molecule has 1 aliphatic heterocycles. The van der Waals surface area contributed by atoms with Crippen LogP contribution in [-0.2, 0) is 0 Å². The van der Waals surface area contributed by atoms with E-state index in [9.17, 15) is 0 Å². The molecule has 0 spiro atoms. The molecule has 0 aromatic heterocycles. The van der Waals surface area contributed by atoms with E-state index in [1.54, 1.807) is 0 Å². The molecule has 1 aliphatic rings. The Morgan fingerprint density at radius 2 is 1.85 bits per heavy atom. The van der Waals surface area contributed by atoms with Crippen molar-refractivity contribution >= 4 is 0 Å². The van der Waals surface area contributed by atoms with E-state index in [2.05, 4.69) is 68.4 Å². The standard InChI is InChI=1S/C18H30N2/c1-14(2)18(16-9-6-5-7-10-16)19-15(3)17-11-8-12-20(4)13-17/h5-7,9-10,14-15,17-19H,8,11-13H2,1-4H3. The largest absolute Gasteiger partial charge is 0.307 e. The lowest BCUT2D eigenvalue weighted by Crippen LogP contribution is -2.45. The molecule has 2 nitrogen and oxygen atoms in total. The lowest BCUT2D eigenvalue weighted by molar-refractivity contribution is 0.168. The molecular weight excluding hydrogens is 244 g/mol. The van der Waals surface area contributed by atoms with Crippen molar-refractivity contribution in [1.82, 2.24) is 10.2 Å². The molecule has 0 aliphatic carbocycles. The summed E-state index contributed by atoms with van der Waals surface area (Å²) in [4.78, 5) is 2.47. The van der Waals surface area contributed by atoms with Crippen LogP contribution in [0, 0.1) is 11.8 Å². The number of likely N-dealkylation sites (tertiary alicyclic amines) is 1. The minimum Gasteiger partial charge on any atom is -0.307 e. The molecule has 1 heterocycles. The summed E-state index contributed by atoms with van der Waals surface area (Å²) in [6.07, 6.45) is 2.70. The van der Waals surface area contributed by atoms with Crippen molar-refractivity contribution in [3.8, 4) is 0 Å². The number of benzene rings is 1. The fourth-order valence-electron chi connectivity index (χ4n) is 3.37. The zero-order chi connectivity index (χ0) is 14.5. The Bertz CT molecular complexity index is 388. The summed E-state index contributed by atoms with van der Waals surface area (Å²) in [7, 11) is 2.25. The molecule has 0 amide bonds. The molecule has 2 rings (SSSR count). The molecule has 3 unspecified atom stereocenters. The second kappa shape index (κ2) is 7.24. The van der Waals surface area contributed by atoms with Gasteiger partial charge in [-0.25, -0.2) is 0 Å². The van der Waals surface area contributed by atoms with Crippen molar-refractivity contribution in [2.24, 2.45) is 11.8 Å². The van der Waals surface area contributed by atoms with Gasteiger partial charge in [-0.05, 0) is 50.8 Å². The van der Waals surface area contributed by atoms with Crippen LogP contribution in [0.15, 0.2) is 30.3 Å². The van der Waals surface area contributed by atoms with Crippen LogP contribution < -0.4 is 5.32 Å². The number of rotatable bonds is 5. The lowest BCUT2D eigenvalue weighted by atomic mass is 9.89. The van der Waals surface area contributed by atoms with Crippen LogP contribution in [0.25, 0.3) is 0 Å². The van der Waals surface area contributed by atoms with E-state index in [4.69, 9.17) is 0 Å². The van der Waals surface area contributed by atoms with Gasteiger partial charge < -0.3 is 10.2 Å². The van der Waals surface area contributed by atoms with Crippen molar-refractivity contribution in [2.45, 2.75) is 45.7 Å². The van der Waals surface area contributed by atoms with Crippen LogP contribution in [-0.4, -0.2) is 31.1 Å². The van der Waals surface area contributed by atoms with E-state index in [0.29, 0.717) is 18.0 Å². The van der Waals surface area contributed by atoms with Gasteiger partial charge in [0.25, 0.3) is 0 Å². The number of hydrogen-bond acceptors (Lipinski definition) is 2. The van der Waals surface area contributed by atoms with Crippen LogP contribution in [0.5, 0.6) is 0 Å². The summed E-state index contributed by atoms with van der Waals surface area (Å²) >= 11 is 0. The summed E-state index contributed by atoms with van der Waals surface area (Å²) in [6, 6.07) is 11.9. The second-order valence-electron chi connectivity index (χ2n) is 6.75. The average Bonchev–Trinajstić information content (AvgIpc) is 2.45. The van der Waals surface area contributed by atoms with Gasteiger partial charge in [-0.2, -0.15) is 0 Å². The van der Waals surface area contributed by atoms with Crippen LogP contribution >= 0.6 is 0 Å². The van der Waals surface area contributed by atoms with Crippen molar-refractivity contribution in [2.75, 3.05) is 20.1 Å². The first kappa shape index (κ1) is 15.5. The monoisotopic (exact) mass is 274 g/mol. The fourth-order valence-corrected chi connectivity index (χ4v) is 3.37. The topological polar surface area (TPSA) is 15.3 Å². The summed E-state index contributed by atoms with van der Waals surface area (Å²) in [5.74, 6) is 1.39. The maximum absolute atomic E-state index is 3.90. The molecule has 3 atom stereocenters. The molecule has 0 saturated carbocycles. The molecule has 0 radical (unpaired) electrons. The van der Waals surface area contributed by atoms with Gasteiger partial charge in [-0.15, -0.1) is 0 Å². The fraction of sp³-hybridized carbons (Fsp3) is 0.667. The highest BCUT2D eigenvalue weighted by molar-refractivity contribution is 5.19. The molecule has 1 N–H and O–H groups in total. The Morgan fingerprint density at radius 3 is 2.45 bits per heavy atom. The minimum absolute atomic E-state index is 0.457. The van der Waals surface area contributed by atoms with Crippen LogP contribution in [0.1, 0.15) is 45.2 Å². The van der Waals surface area contributed by atoms with E-state index in [-0.39, 0.29) is 0 Å². The van der Waals surface area contributed by atoms with Crippen LogP contribution in [0.3, 0.4) is 0 Å². The summed E-state index contributed by atoms with van der Waals surface area (Å²) < 4.78 is 0. The molecule has 0 bridgehead atoms. The first-order chi connectivity index (χ1) is 9.58. The smallest absolute Gasteiger partial charge is 0.0345 e. The van der Waals surface area contributed by atoms with Crippen molar-refractivity contribution in [3.63, 3.8) is 0 Å². The molecule has 1 aromatic rings. The maximum atomic E-state index is 3.90. The van der Waals surface area contributed by atoms with E-state index >= 15 is 0 Å². The predicted molar refractivity (Wildman–Crippen MR) is 86.8 cm³/mol. The highest BCUT2D eigenvalue weighted by Crippen LogP contribution is 2.25. The molecule has 1 saturated heterocycles. The van der Waals surface area contributed by atoms with Gasteiger partial charge in [0, 0.05) is 18.6 Å². The third-order valence-electron chi connectivity index (χ3n) is 4.64. The third-order valence-corrected chi connectivity index (χ3v) is 4.64. The summed E-state index contributed by atoms with van der Waals surface area (Å²) in [6.45, 7) is 9.47. The Kier molecular flexibility index (Phi) is 5.62. The molecule has 1 fully saturated rings. The summed E-state index contributed by atoms with van der Waals surface area (Å²) in [5, 5.41) is 3.90. The first-order valence-electron chi connectivity index (χ1n) is 8.07. The maximum Gasteiger partial charge on any atom is 0.0345 e. The van der Waals surface area contributed by atoms with Gasteiger partial charge in [0.15, 0.2) is 0 Å². The zero-order valence-corrected chi connectivity index (χ0v) is 13.5. The number of nitrogens with zero attached hydrogens (tertiary/aromatic N) is 1. The van der Waals surface area contributed by atoms with Crippen molar-refractivity contribution in [1.29, 1.82) is 0 Å². The molecule has 112 valence electrons. The van der Waals surface area contributed by atoms with Gasteiger partial charge in [-0.1, -0.05) is 44.2 Å². The van der Waals surface area contributed by atoms with Gasteiger partial charge in [-0.3, -0.25) is 0 Å². The SMILES string of the molecule is CC(C)C(NC(C)C1CCCN(C)C1)c1ccccc1. The number of hydrogen-bond donors (Lipinski definition) is 1. The zero-order valence-electron chi connectivity index (χ0n) is 13.5. The van der Waals surface area contributed by atoms with E-state index in [1.807, 2.05) is 0 Å². The predicted octanol–water partition coefficient (Wildman–Crippen LogP) is 3.70. The van der Waals surface area contributed by atoms with Crippen LogP contribution in [0.4, 0.5) is 0 Å². The van der Waals surface area contributed by atoms with Gasteiger partial charge >= 0.3 is 0 Å². The molecule has 20 heavy (non-hydrogen) atoms. The average molecular weight is 274 g/mol. The Morgan fingerprint density at radius 1 is 1.15 bits per heavy atom. The normalized spacial score (nSPS) is 23.8. The Labute approximate surface area is 124 Å². The van der Waals surface area contributed by atoms with E-state index < -0.39 is 0 Å². The van der Waals surface area contributed by atoms with E-state index in [0.717, 1.165) is 5.92 Å². The minimum atomic E-state index is 0.457. The molecular formula is C18H30N2. The quantitative estimate of drug-likeness (QED) is 0.880. The molecule has 1 aromatic carbocycles. The molecule has 2 heteroatoms. The number of nitrogens with one attached hydrogen (secondary N) is 1. The van der Waals surface area contributed by atoms with Crippen molar-refractivity contribution < 1.29 is 0 Å². The summed E-state index contributed by atoms with van der Waals surface area (Å²) in [5.41, 5.74) is 1.42. The lowest BCUT2D eigenvalue weighted by Gasteiger charge is -2.36. The van der Waals surface area contributed by atoms with Crippen LogP contribution in [0.2, 0.25) is 0 Å². The van der Waals surface area contributed by atoms with Crippen molar-refractivity contribution in [3.05, 3.63) is 35.9 Å².